The summed E-state index contributed by atoms with van der Waals surface area (Å²) in [6.45, 7) is 5.73. The van der Waals surface area contributed by atoms with Gasteiger partial charge in [0.05, 0.1) is 0 Å². The monoisotopic (exact) mass is 270 g/mol. The van der Waals surface area contributed by atoms with Crippen molar-refractivity contribution < 1.29 is 0 Å². The van der Waals surface area contributed by atoms with Crippen molar-refractivity contribution in [2.75, 3.05) is 19.6 Å². The Morgan fingerprint density at radius 1 is 1.40 bits per heavy atom. The van der Waals surface area contributed by atoms with Crippen LogP contribution in [0, 0.1) is 12.3 Å². The summed E-state index contributed by atoms with van der Waals surface area (Å²) in [5.41, 5.74) is 1.43. The van der Waals surface area contributed by atoms with E-state index in [1.165, 1.54) is 18.5 Å². The molecule has 0 saturated carbocycles. The third-order valence-corrected chi connectivity index (χ3v) is 4.16. The number of benzene rings is 1. The number of nitrogens with zero attached hydrogens (tertiary/aromatic N) is 1. The molecule has 2 heteroatoms. The molecule has 0 aliphatic carbocycles. The smallest absolute Gasteiger partial charge is 0.0240 e. The average molecular weight is 270 g/mol. The van der Waals surface area contributed by atoms with Crippen molar-refractivity contribution in [3.05, 3.63) is 35.9 Å². The molecule has 1 fully saturated rings. The highest BCUT2D eigenvalue weighted by Crippen LogP contribution is 2.12. The first-order valence-corrected chi connectivity index (χ1v) is 7.77. The van der Waals surface area contributed by atoms with Crippen molar-refractivity contribution in [2.45, 2.75) is 44.7 Å². The fraction of sp³-hybridized carbons (Fsp3) is 0.556. The van der Waals surface area contributed by atoms with Gasteiger partial charge in [-0.2, -0.15) is 0 Å². The summed E-state index contributed by atoms with van der Waals surface area (Å²) in [6, 6.07) is 11.8. The predicted molar refractivity (Wildman–Crippen MR) is 85.7 cm³/mol. The van der Waals surface area contributed by atoms with Gasteiger partial charge in [0.25, 0.3) is 0 Å². The zero-order valence-electron chi connectivity index (χ0n) is 12.5. The minimum atomic E-state index is 0.485. The van der Waals surface area contributed by atoms with Crippen molar-refractivity contribution in [1.29, 1.82) is 0 Å². The molecule has 1 aromatic rings. The van der Waals surface area contributed by atoms with E-state index in [0.29, 0.717) is 12.1 Å². The van der Waals surface area contributed by atoms with Crippen LogP contribution in [0.5, 0.6) is 0 Å². The third kappa shape index (κ3) is 4.67. The first kappa shape index (κ1) is 15.1. The molecule has 1 aliphatic heterocycles. The molecule has 0 amide bonds. The van der Waals surface area contributed by atoms with Crippen molar-refractivity contribution in [1.82, 2.24) is 10.2 Å². The van der Waals surface area contributed by atoms with Crippen molar-refractivity contribution >= 4 is 0 Å². The molecule has 20 heavy (non-hydrogen) atoms. The third-order valence-electron chi connectivity index (χ3n) is 4.16. The van der Waals surface area contributed by atoms with Crippen LogP contribution in [-0.4, -0.2) is 36.6 Å². The molecular formula is C18H26N2. The van der Waals surface area contributed by atoms with Gasteiger partial charge < -0.3 is 10.2 Å². The maximum absolute atomic E-state index is 5.42. The first-order valence-electron chi connectivity index (χ1n) is 7.77. The second-order valence-corrected chi connectivity index (χ2v) is 5.70. The fourth-order valence-electron chi connectivity index (χ4n) is 2.90. The molecular weight excluding hydrogens is 244 g/mol. The number of likely N-dealkylation sites (tertiary alicyclic amines) is 1. The molecule has 0 aromatic heterocycles. The van der Waals surface area contributed by atoms with Crippen LogP contribution in [0.1, 0.15) is 31.7 Å². The molecule has 2 unspecified atom stereocenters. The lowest BCUT2D eigenvalue weighted by molar-refractivity contribution is 0.324. The van der Waals surface area contributed by atoms with Crippen molar-refractivity contribution in [2.24, 2.45) is 0 Å². The fourth-order valence-corrected chi connectivity index (χ4v) is 2.90. The topological polar surface area (TPSA) is 15.3 Å². The van der Waals surface area contributed by atoms with E-state index in [1.807, 2.05) is 0 Å². The normalized spacial score (nSPS) is 20.7. The maximum Gasteiger partial charge on any atom is 0.0240 e. The van der Waals surface area contributed by atoms with Crippen LogP contribution in [0.25, 0.3) is 0 Å². The number of rotatable bonds is 7. The SMILES string of the molecule is C#CCC(CC)NC1CCN(CCc2ccccc2)C1. The van der Waals surface area contributed by atoms with Crippen molar-refractivity contribution in [3.63, 3.8) is 0 Å². The Kier molecular flexibility index (Phi) is 6.11. The van der Waals surface area contributed by atoms with Crippen LogP contribution >= 0.6 is 0 Å². The Balaban J connectivity index is 1.71. The predicted octanol–water partition coefficient (Wildman–Crippen LogP) is 2.69. The number of hydrogen-bond donors (Lipinski definition) is 1. The average Bonchev–Trinajstić information content (AvgIpc) is 2.93. The van der Waals surface area contributed by atoms with E-state index in [4.69, 9.17) is 6.42 Å². The largest absolute Gasteiger partial charge is 0.309 e. The summed E-state index contributed by atoms with van der Waals surface area (Å²) in [5, 5.41) is 3.71. The van der Waals surface area contributed by atoms with Gasteiger partial charge in [0, 0.05) is 31.6 Å². The quantitative estimate of drug-likeness (QED) is 0.766. The molecule has 1 saturated heterocycles. The second kappa shape index (κ2) is 8.09. The molecule has 1 aliphatic rings. The van der Waals surface area contributed by atoms with E-state index in [-0.39, 0.29) is 0 Å². The van der Waals surface area contributed by atoms with Gasteiger partial charge in [-0.05, 0) is 31.4 Å². The Labute approximate surface area is 123 Å². The van der Waals surface area contributed by atoms with Crippen LogP contribution in [0.4, 0.5) is 0 Å². The second-order valence-electron chi connectivity index (χ2n) is 5.70. The van der Waals surface area contributed by atoms with Gasteiger partial charge in [-0.3, -0.25) is 0 Å². The zero-order valence-corrected chi connectivity index (χ0v) is 12.5. The van der Waals surface area contributed by atoms with E-state index in [1.54, 1.807) is 0 Å². The van der Waals surface area contributed by atoms with Crippen LogP contribution in [0.3, 0.4) is 0 Å². The molecule has 2 nitrogen and oxygen atoms in total. The van der Waals surface area contributed by atoms with E-state index >= 15 is 0 Å². The minimum absolute atomic E-state index is 0.485. The Morgan fingerprint density at radius 2 is 2.20 bits per heavy atom. The highest BCUT2D eigenvalue weighted by Gasteiger charge is 2.23. The van der Waals surface area contributed by atoms with Crippen LogP contribution in [0.15, 0.2) is 30.3 Å². The number of terminal acetylenes is 1. The lowest BCUT2D eigenvalue weighted by atomic mass is 10.1. The van der Waals surface area contributed by atoms with Gasteiger partial charge in [-0.1, -0.05) is 37.3 Å². The zero-order chi connectivity index (χ0) is 14.2. The maximum atomic E-state index is 5.42. The van der Waals surface area contributed by atoms with E-state index in [0.717, 1.165) is 32.4 Å². The molecule has 0 radical (unpaired) electrons. The molecule has 1 aromatic carbocycles. The molecule has 1 N–H and O–H groups in total. The van der Waals surface area contributed by atoms with Crippen LogP contribution in [-0.2, 0) is 6.42 Å². The lowest BCUT2D eigenvalue weighted by Gasteiger charge is -2.21. The van der Waals surface area contributed by atoms with Gasteiger partial charge in [0.15, 0.2) is 0 Å². The number of nitrogens with one attached hydrogen (secondary N) is 1. The molecule has 0 spiro atoms. The molecule has 108 valence electrons. The highest BCUT2D eigenvalue weighted by atomic mass is 15.2. The Bertz CT molecular complexity index is 421. The minimum Gasteiger partial charge on any atom is -0.309 e. The lowest BCUT2D eigenvalue weighted by Crippen LogP contribution is -2.39. The van der Waals surface area contributed by atoms with Gasteiger partial charge in [-0.15, -0.1) is 12.3 Å². The summed E-state index contributed by atoms with van der Waals surface area (Å²) in [5.74, 6) is 2.77. The van der Waals surface area contributed by atoms with E-state index in [2.05, 4.69) is 53.4 Å². The Hall–Kier alpha value is -1.30. The standard InChI is InChI=1S/C18H26N2/c1-3-8-17(4-2)19-18-12-14-20(15-18)13-11-16-9-6-5-7-10-16/h1,5-7,9-10,17-19H,4,8,11-15H2,2H3. The molecule has 1 heterocycles. The molecule has 0 bridgehead atoms. The van der Waals surface area contributed by atoms with Crippen LogP contribution < -0.4 is 5.32 Å². The summed E-state index contributed by atoms with van der Waals surface area (Å²) in [7, 11) is 0. The van der Waals surface area contributed by atoms with Crippen molar-refractivity contribution in [3.8, 4) is 12.3 Å². The summed E-state index contributed by atoms with van der Waals surface area (Å²) < 4.78 is 0. The summed E-state index contributed by atoms with van der Waals surface area (Å²) >= 11 is 0. The summed E-state index contributed by atoms with van der Waals surface area (Å²) in [6.07, 6.45) is 9.77. The van der Waals surface area contributed by atoms with Crippen LogP contribution in [0.2, 0.25) is 0 Å². The van der Waals surface area contributed by atoms with E-state index < -0.39 is 0 Å². The molecule has 2 rings (SSSR count). The first-order chi connectivity index (χ1) is 9.81. The van der Waals surface area contributed by atoms with Gasteiger partial charge >= 0.3 is 0 Å². The van der Waals surface area contributed by atoms with Gasteiger partial charge in [0.2, 0.25) is 0 Å². The summed E-state index contributed by atoms with van der Waals surface area (Å²) in [4.78, 5) is 2.56. The number of hydrogen-bond acceptors (Lipinski definition) is 2. The van der Waals surface area contributed by atoms with Gasteiger partial charge in [-0.25, -0.2) is 0 Å². The molecule has 2 atom stereocenters. The Morgan fingerprint density at radius 3 is 2.90 bits per heavy atom. The van der Waals surface area contributed by atoms with E-state index in [9.17, 15) is 0 Å². The highest BCUT2D eigenvalue weighted by molar-refractivity contribution is 5.14. The van der Waals surface area contributed by atoms with Gasteiger partial charge in [0.1, 0.15) is 0 Å².